The first-order valence-corrected chi connectivity index (χ1v) is 11.1. The molecule has 0 aliphatic carbocycles. The maximum Gasteiger partial charge on any atom is 0.245 e. The van der Waals surface area contributed by atoms with Crippen molar-refractivity contribution in [3.63, 3.8) is 0 Å². The number of carbonyl (C=O) groups is 3. The lowest BCUT2D eigenvalue weighted by Gasteiger charge is -2.34. The predicted molar refractivity (Wildman–Crippen MR) is 121 cm³/mol. The average molecular weight is 432 g/mol. The fourth-order valence-electron chi connectivity index (χ4n) is 3.90. The lowest BCUT2D eigenvalue weighted by Crippen LogP contribution is -2.56. The molecule has 3 amide bonds. The normalized spacial score (nSPS) is 18.0. The summed E-state index contributed by atoms with van der Waals surface area (Å²) in [5, 5.41) is 2.79. The van der Waals surface area contributed by atoms with Gasteiger partial charge in [-0.15, -0.1) is 0 Å². The summed E-state index contributed by atoms with van der Waals surface area (Å²) in [5.41, 5.74) is 12.5. The Morgan fingerprint density at radius 1 is 1.19 bits per heavy atom. The van der Waals surface area contributed by atoms with Crippen molar-refractivity contribution in [2.24, 2.45) is 17.4 Å². The molecular formula is C23H37N5O3. The maximum absolute atomic E-state index is 13.3. The Bertz CT molecular complexity index is 738. The monoisotopic (exact) mass is 431 g/mol. The smallest absolute Gasteiger partial charge is 0.245 e. The molecule has 1 saturated heterocycles. The molecule has 1 fully saturated rings. The molecule has 0 bridgehead atoms. The summed E-state index contributed by atoms with van der Waals surface area (Å²) >= 11 is 0. The van der Waals surface area contributed by atoms with Crippen molar-refractivity contribution in [1.29, 1.82) is 0 Å². The van der Waals surface area contributed by atoms with Crippen LogP contribution < -0.4 is 16.8 Å². The number of rotatable bonds is 10. The number of hydrogen-bond donors (Lipinski definition) is 3. The fraction of sp³-hybridized carbons (Fsp3) is 0.609. The highest BCUT2D eigenvalue weighted by Gasteiger charge is 2.36. The second-order valence-corrected chi connectivity index (χ2v) is 8.63. The summed E-state index contributed by atoms with van der Waals surface area (Å²) in [6.45, 7) is 6.95. The number of amides is 3. The Hall–Kier alpha value is -2.45. The molecule has 1 aromatic carbocycles. The molecule has 8 heteroatoms. The molecule has 1 heterocycles. The van der Waals surface area contributed by atoms with E-state index in [1.54, 1.807) is 11.8 Å². The second kappa shape index (κ2) is 11.8. The number of benzene rings is 1. The zero-order valence-electron chi connectivity index (χ0n) is 18.9. The van der Waals surface area contributed by atoms with E-state index in [2.05, 4.69) is 5.32 Å². The number of carbonyl (C=O) groups excluding carboxylic acids is 3. The third kappa shape index (κ3) is 7.04. The molecular weight excluding hydrogens is 394 g/mol. The molecule has 8 nitrogen and oxygen atoms in total. The highest BCUT2D eigenvalue weighted by atomic mass is 16.2. The van der Waals surface area contributed by atoms with E-state index in [-0.39, 0.29) is 36.2 Å². The number of nitrogens with one attached hydrogen (secondary N) is 1. The molecule has 3 atom stereocenters. The summed E-state index contributed by atoms with van der Waals surface area (Å²) < 4.78 is 0. The van der Waals surface area contributed by atoms with Gasteiger partial charge in [0.05, 0.1) is 12.6 Å². The first kappa shape index (κ1) is 24.8. The molecule has 0 spiro atoms. The van der Waals surface area contributed by atoms with Gasteiger partial charge in [0.1, 0.15) is 6.04 Å². The molecule has 1 aromatic rings. The lowest BCUT2D eigenvalue weighted by molar-refractivity contribution is -0.140. The van der Waals surface area contributed by atoms with E-state index in [0.29, 0.717) is 19.6 Å². The summed E-state index contributed by atoms with van der Waals surface area (Å²) in [7, 11) is 0. The van der Waals surface area contributed by atoms with Crippen molar-refractivity contribution >= 4 is 17.7 Å². The van der Waals surface area contributed by atoms with Gasteiger partial charge in [0.25, 0.3) is 0 Å². The fourth-order valence-corrected chi connectivity index (χ4v) is 3.90. The van der Waals surface area contributed by atoms with Crippen LogP contribution in [0.1, 0.15) is 39.2 Å². The molecule has 0 aromatic heterocycles. The van der Waals surface area contributed by atoms with Crippen molar-refractivity contribution in [3.8, 4) is 0 Å². The molecule has 2 rings (SSSR count). The zero-order chi connectivity index (χ0) is 23.0. The minimum Gasteiger partial charge on any atom is -0.343 e. The van der Waals surface area contributed by atoms with E-state index in [4.69, 9.17) is 11.5 Å². The van der Waals surface area contributed by atoms with Crippen LogP contribution in [0.25, 0.3) is 0 Å². The van der Waals surface area contributed by atoms with E-state index >= 15 is 0 Å². The van der Waals surface area contributed by atoms with Crippen LogP contribution in [-0.4, -0.2) is 71.8 Å². The van der Waals surface area contributed by atoms with Gasteiger partial charge in [0, 0.05) is 25.7 Å². The van der Waals surface area contributed by atoms with Crippen molar-refractivity contribution < 1.29 is 14.4 Å². The molecule has 5 N–H and O–H groups in total. The topological polar surface area (TPSA) is 122 Å². The van der Waals surface area contributed by atoms with Crippen LogP contribution in [0.3, 0.4) is 0 Å². The molecule has 0 radical (unpaired) electrons. The van der Waals surface area contributed by atoms with E-state index in [0.717, 1.165) is 24.8 Å². The van der Waals surface area contributed by atoms with Gasteiger partial charge in [-0.2, -0.15) is 0 Å². The van der Waals surface area contributed by atoms with Gasteiger partial charge in [-0.3, -0.25) is 14.4 Å². The van der Waals surface area contributed by atoms with Crippen molar-refractivity contribution in [3.05, 3.63) is 35.9 Å². The van der Waals surface area contributed by atoms with Gasteiger partial charge in [0.15, 0.2) is 0 Å². The van der Waals surface area contributed by atoms with E-state index in [1.807, 2.05) is 49.1 Å². The standard InChI is InChI=1S/C23H37N5O3/c1-16(2)21(26-22(30)17(3)25)23(31)28-12-7-10-19(28)15-27(20(29)14-24)13-11-18-8-5-4-6-9-18/h4-6,8-9,16-17,19,21H,7,10-15,24-25H2,1-3H3,(H,26,30). The summed E-state index contributed by atoms with van der Waals surface area (Å²) in [5.74, 6) is -0.655. The molecule has 1 aliphatic heterocycles. The summed E-state index contributed by atoms with van der Waals surface area (Å²) in [6.07, 6.45) is 2.41. The molecule has 1 aliphatic rings. The second-order valence-electron chi connectivity index (χ2n) is 8.63. The van der Waals surface area contributed by atoms with Gasteiger partial charge in [-0.25, -0.2) is 0 Å². The quantitative estimate of drug-likeness (QED) is 0.498. The van der Waals surface area contributed by atoms with Crippen LogP contribution >= 0.6 is 0 Å². The number of nitrogens with zero attached hydrogens (tertiary/aromatic N) is 2. The van der Waals surface area contributed by atoms with Crippen LogP contribution in [0.4, 0.5) is 0 Å². The van der Waals surface area contributed by atoms with Crippen molar-refractivity contribution in [1.82, 2.24) is 15.1 Å². The SMILES string of the molecule is CC(N)C(=O)NC(C(=O)N1CCCC1CN(CCc1ccccc1)C(=O)CN)C(C)C. The minimum absolute atomic E-state index is 0.0610. The van der Waals surface area contributed by atoms with E-state index < -0.39 is 12.1 Å². The van der Waals surface area contributed by atoms with Gasteiger partial charge >= 0.3 is 0 Å². The third-order valence-corrected chi connectivity index (χ3v) is 5.78. The Morgan fingerprint density at radius 3 is 2.45 bits per heavy atom. The minimum atomic E-state index is -0.681. The number of likely N-dealkylation sites (tertiary alicyclic amines) is 1. The Morgan fingerprint density at radius 2 is 1.87 bits per heavy atom. The number of hydrogen-bond acceptors (Lipinski definition) is 5. The predicted octanol–water partition coefficient (Wildman–Crippen LogP) is 0.495. The molecule has 0 saturated carbocycles. The van der Waals surface area contributed by atoms with Crippen molar-refractivity contribution in [2.45, 2.75) is 58.2 Å². The third-order valence-electron chi connectivity index (χ3n) is 5.78. The van der Waals surface area contributed by atoms with Crippen LogP contribution in [0.15, 0.2) is 30.3 Å². The van der Waals surface area contributed by atoms with Gasteiger partial charge < -0.3 is 26.6 Å². The lowest BCUT2D eigenvalue weighted by atomic mass is 10.0. The first-order chi connectivity index (χ1) is 14.7. The molecule has 172 valence electrons. The van der Waals surface area contributed by atoms with Gasteiger partial charge in [-0.05, 0) is 37.7 Å². The van der Waals surface area contributed by atoms with Crippen LogP contribution in [0, 0.1) is 5.92 Å². The highest BCUT2D eigenvalue weighted by molar-refractivity contribution is 5.90. The van der Waals surface area contributed by atoms with Crippen LogP contribution in [0.2, 0.25) is 0 Å². The Balaban J connectivity index is 2.08. The first-order valence-electron chi connectivity index (χ1n) is 11.1. The number of nitrogens with two attached hydrogens (primary N) is 2. The molecule has 31 heavy (non-hydrogen) atoms. The summed E-state index contributed by atoms with van der Waals surface area (Å²) in [4.78, 5) is 41.5. The van der Waals surface area contributed by atoms with Gasteiger partial charge in [-0.1, -0.05) is 44.2 Å². The van der Waals surface area contributed by atoms with Crippen LogP contribution in [0.5, 0.6) is 0 Å². The summed E-state index contributed by atoms with van der Waals surface area (Å²) in [6, 6.07) is 8.57. The van der Waals surface area contributed by atoms with E-state index in [1.165, 1.54) is 0 Å². The Kier molecular flexibility index (Phi) is 9.45. The van der Waals surface area contributed by atoms with E-state index in [9.17, 15) is 14.4 Å². The van der Waals surface area contributed by atoms with Crippen LogP contribution in [-0.2, 0) is 20.8 Å². The maximum atomic E-state index is 13.3. The largest absolute Gasteiger partial charge is 0.343 e. The molecule has 3 unspecified atom stereocenters. The van der Waals surface area contributed by atoms with Crippen molar-refractivity contribution in [2.75, 3.05) is 26.2 Å². The Labute approximate surface area is 185 Å². The zero-order valence-corrected chi connectivity index (χ0v) is 18.9. The average Bonchev–Trinajstić information content (AvgIpc) is 3.22. The van der Waals surface area contributed by atoms with Gasteiger partial charge in [0.2, 0.25) is 17.7 Å². The highest BCUT2D eigenvalue weighted by Crippen LogP contribution is 2.21.